The fraction of sp³-hybridized carbons (Fsp3) is 0.657. The molecule has 1 aromatic heterocycles. The van der Waals surface area contributed by atoms with Gasteiger partial charge in [0.25, 0.3) is 0 Å². The summed E-state index contributed by atoms with van der Waals surface area (Å²) in [4.78, 5) is 28.3. The average molecular weight is 576 g/mol. The maximum atomic E-state index is 14.2. The van der Waals surface area contributed by atoms with Crippen molar-refractivity contribution in [2.45, 2.75) is 117 Å². The van der Waals surface area contributed by atoms with Crippen LogP contribution in [0, 0.1) is 29.1 Å². The molecule has 2 fully saturated rings. The molecule has 2 N–H and O–H groups in total. The van der Waals surface area contributed by atoms with Crippen LogP contribution in [0.2, 0.25) is 0 Å². The van der Waals surface area contributed by atoms with Gasteiger partial charge in [-0.3, -0.25) is 0 Å². The van der Waals surface area contributed by atoms with E-state index in [4.69, 9.17) is 0 Å². The highest BCUT2D eigenvalue weighted by molar-refractivity contribution is 5.37. The van der Waals surface area contributed by atoms with Gasteiger partial charge < -0.3 is 10.2 Å². The van der Waals surface area contributed by atoms with Gasteiger partial charge in [-0.2, -0.15) is 0 Å². The van der Waals surface area contributed by atoms with Crippen LogP contribution in [0.15, 0.2) is 62.7 Å². The molecule has 228 valence electrons. The summed E-state index contributed by atoms with van der Waals surface area (Å²) in [6, 6.07) is 8.52. The Labute approximate surface area is 249 Å². The molecule has 2 aromatic rings. The van der Waals surface area contributed by atoms with E-state index in [-0.39, 0.29) is 22.8 Å². The first kappa shape index (κ1) is 29.4. The second kappa shape index (κ2) is 11.1. The molecular formula is C35H49N3O4. The second-order valence-corrected chi connectivity index (χ2v) is 14.5. The lowest BCUT2D eigenvalue weighted by Crippen LogP contribution is -2.46. The van der Waals surface area contributed by atoms with Crippen molar-refractivity contribution in [2.24, 2.45) is 29.1 Å². The zero-order valence-electron chi connectivity index (χ0n) is 26.0. The fourth-order valence-electron chi connectivity index (χ4n) is 9.30. The molecule has 2 heterocycles. The maximum absolute atomic E-state index is 14.2. The Balaban J connectivity index is 1.46. The van der Waals surface area contributed by atoms with Gasteiger partial charge in [0.1, 0.15) is 0 Å². The first-order valence-electron chi connectivity index (χ1n) is 16.3. The summed E-state index contributed by atoms with van der Waals surface area (Å²) in [6.07, 6.45) is 9.50. The molecule has 1 aromatic carbocycles. The highest BCUT2D eigenvalue weighted by Crippen LogP contribution is 2.62. The zero-order valence-corrected chi connectivity index (χ0v) is 26.0. The first-order valence-corrected chi connectivity index (χ1v) is 16.3. The van der Waals surface area contributed by atoms with Crippen LogP contribution in [0.25, 0.3) is 5.69 Å². The Hall–Kier alpha value is -2.64. The van der Waals surface area contributed by atoms with Gasteiger partial charge in [-0.05, 0) is 97.0 Å². The molecule has 0 bridgehead atoms. The molecule has 8 atom stereocenters. The first-order chi connectivity index (χ1) is 20.0. The number of allylic oxidation sites excluding steroid dienone is 2. The number of aromatic nitrogens is 3. The van der Waals surface area contributed by atoms with E-state index in [0.717, 1.165) is 36.3 Å². The summed E-state index contributed by atoms with van der Waals surface area (Å²) in [5, 5.41) is 21.5. The second-order valence-electron chi connectivity index (χ2n) is 14.5. The van der Waals surface area contributed by atoms with E-state index in [1.807, 2.05) is 25.1 Å². The van der Waals surface area contributed by atoms with Crippen LogP contribution in [0.1, 0.15) is 104 Å². The van der Waals surface area contributed by atoms with Crippen molar-refractivity contribution in [3.05, 3.63) is 74.1 Å². The van der Waals surface area contributed by atoms with Crippen LogP contribution in [-0.2, 0) is 0 Å². The number of fused-ring (bicyclic) bond motifs is 5. The smallest absolute Gasteiger partial charge is 0.352 e. The van der Waals surface area contributed by atoms with Crippen LogP contribution in [0.4, 0.5) is 0 Å². The molecule has 42 heavy (non-hydrogen) atoms. The van der Waals surface area contributed by atoms with Crippen LogP contribution in [0.3, 0.4) is 0 Å². The van der Waals surface area contributed by atoms with Crippen molar-refractivity contribution in [1.29, 1.82) is 0 Å². The van der Waals surface area contributed by atoms with Crippen molar-refractivity contribution >= 4 is 0 Å². The lowest BCUT2D eigenvalue weighted by atomic mass is 9.59. The molecule has 1 aliphatic heterocycles. The third kappa shape index (κ3) is 4.71. The standard InChI is InChI=1S/C35H49N3O4/c1-21(2)10-9-11-22(3)28-14-15-29-27-20-31(26-18-25(39)19-32(40)23(26)4)38-34(42)36(24-12-7-6-8-13-24)33(41)37(38)30(27)16-17-35(28,29)5/h6-8,12-13,20-22,25,28-32,39-40H,9-11,14-19H2,1-5H3. The van der Waals surface area contributed by atoms with E-state index < -0.39 is 18.2 Å². The van der Waals surface area contributed by atoms with E-state index in [9.17, 15) is 19.8 Å². The Bertz CT molecular complexity index is 1490. The molecular weight excluding hydrogens is 526 g/mol. The number of aliphatic hydroxyl groups is 2. The highest BCUT2D eigenvalue weighted by atomic mass is 16.3. The van der Waals surface area contributed by atoms with Crippen molar-refractivity contribution in [1.82, 2.24) is 13.9 Å². The highest BCUT2D eigenvalue weighted by Gasteiger charge is 2.55. The van der Waals surface area contributed by atoms with Gasteiger partial charge in [0.2, 0.25) is 0 Å². The van der Waals surface area contributed by atoms with Crippen molar-refractivity contribution < 1.29 is 10.2 Å². The van der Waals surface area contributed by atoms with E-state index in [1.165, 1.54) is 35.8 Å². The van der Waals surface area contributed by atoms with Crippen molar-refractivity contribution in [2.75, 3.05) is 0 Å². The lowest BCUT2D eigenvalue weighted by molar-refractivity contribution is 0.0677. The number of rotatable bonds is 7. The molecule has 0 radical (unpaired) electrons. The molecule has 4 aliphatic rings. The minimum Gasteiger partial charge on any atom is -0.393 e. The molecule has 0 amide bonds. The minimum absolute atomic E-state index is 0.154. The number of benzene rings is 1. The van der Waals surface area contributed by atoms with Gasteiger partial charge in [0.15, 0.2) is 0 Å². The zero-order chi connectivity index (χ0) is 29.9. The molecule has 2 saturated carbocycles. The molecule has 0 saturated heterocycles. The van der Waals surface area contributed by atoms with Crippen LogP contribution < -0.4 is 11.4 Å². The normalized spacial score (nSPS) is 33.3. The number of hydrogen-bond donors (Lipinski definition) is 2. The predicted octanol–water partition coefficient (Wildman–Crippen LogP) is 5.94. The van der Waals surface area contributed by atoms with Crippen molar-refractivity contribution in [3.8, 4) is 5.69 Å². The Morgan fingerprint density at radius 2 is 1.69 bits per heavy atom. The van der Waals surface area contributed by atoms with Crippen LogP contribution in [0.5, 0.6) is 0 Å². The Kier molecular flexibility index (Phi) is 7.80. The summed E-state index contributed by atoms with van der Waals surface area (Å²) < 4.78 is 4.68. The third-order valence-electron chi connectivity index (χ3n) is 11.5. The van der Waals surface area contributed by atoms with Gasteiger partial charge >= 0.3 is 11.4 Å². The molecule has 0 spiro atoms. The molecule has 7 nitrogen and oxygen atoms in total. The molecule has 6 rings (SSSR count). The summed E-state index contributed by atoms with van der Waals surface area (Å²) in [6.45, 7) is 11.5. The number of para-hydroxylation sites is 1. The van der Waals surface area contributed by atoms with Crippen LogP contribution in [-0.4, -0.2) is 36.4 Å². The average Bonchev–Trinajstić information content (AvgIpc) is 3.44. The van der Waals surface area contributed by atoms with Gasteiger partial charge in [0.05, 0.1) is 30.0 Å². The number of nitrogens with zero attached hydrogens (tertiary/aromatic N) is 3. The quantitative estimate of drug-likeness (QED) is 0.400. The largest absolute Gasteiger partial charge is 0.393 e. The molecule has 8 unspecified atom stereocenters. The molecule has 3 aliphatic carbocycles. The SMILES string of the molecule is CC1=C(C2C=C3C(CCC4(C)C3CCC4C(C)CCCC(C)C)n3c(=O)n(-c4ccccc4)c(=O)n32)CC(O)CC1O. The summed E-state index contributed by atoms with van der Waals surface area (Å²) in [5.74, 6) is 2.39. The summed E-state index contributed by atoms with van der Waals surface area (Å²) in [7, 11) is 0. The Morgan fingerprint density at radius 3 is 2.40 bits per heavy atom. The Morgan fingerprint density at radius 1 is 0.976 bits per heavy atom. The maximum Gasteiger partial charge on any atom is 0.352 e. The van der Waals surface area contributed by atoms with E-state index >= 15 is 0 Å². The van der Waals surface area contributed by atoms with Crippen LogP contribution >= 0.6 is 0 Å². The van der Waals surface area contributed by atoms with E-state index in [2.05, 4.69) is 33.8 Å². The van der Waals surface area contributed by atoms with Gasteiger partial charge in [-0.25, -0.2) is 23.5 Å². The monoisotopic (exact) mass is 575 g/mol. The summed E-state index contributed by atoms with van der Waals surface area (Å²) >= 11 is 0. The third-order valence-corrected chi connectivity index (χ3v) is 11.5. The van der Waals surface area contributed by atoms with E-state index in [1.54, 1.807) is 21.5 Å². The fourth-order valence-corrected chi connectivity index (χ4v) is 9.30. The van der Waals surface area contributed by atoms with E-state index in [0.29, 0.717) is 36.3 Å². The number of hydrogen-bond acceptors (Lipinski definition) is 4. The lowest BCUT2D eigenvalue weighted by Gasteiger charge is -2.49. The van der Waals surface area contributed by atoms with Gasteiger partial charge in [-0.1, -0.05) is 71.2 Å². The van der Waals surface area contributed by atoms with Gasteiger partial charge in [-0.15, -0.1) is 0 Å². The molecule has 7 heteroatoms. The summed E-state index contributed by atoms with van der Waals surface area (Å²) in [5.41, 5.74) is 3.01. The van der Waals surface area contributed by atoms with Gasteiger partial charge in [0, 0.05) is 6.42 Å². The minimum atomic E-state index is -0.758. The topological polar surface area (TPSA) is 89.4 Å². The predicted molar refractivity (Wildman–Crippen MR) is 166 cm³/mol. The number of aliphatic hydroxyl groups excluding tert-OH is 2. The van der Waals surface area contributed by atoms with Crippen molar-refractivity contribution in [3.63, 3.8) is 0 Å².